The van der Waals surface area contributed by atoms with Gasteiger partial charge in [-0.1, -0.05) is 20.4 Å². The molecule has 1 aliphatic heterocycles. The Hall–Kier alpha value is -1.05. The van der Waals surface area contributed by atoms with Gasteiger partial charge in [0.1, 0.15) is 5.83 Å². The van der Waals surface area contributed by atoms with Gasteiger partial charge in [-0.25, -0.2) is 4.39 Å². The summed E-state index contributed by atoms with van der Waals surface area (Å²) in [4.78, 5) is 1.75. The molecule has 0 saturated carbocycles. The van der Waals surface area contributed by atoms with Gasteiger partial charge < -0.3 is 4.90 Å². The van der Waals surface area contributed by atoms with Gasteiger partial charge in [0.2, 0.25) is 0 Å². The molecular formula is C9H14FN. The summed E-state index contributed by atoms with van der Waals surface area (Å²) in [5.74, 6) is -0.238. The average molecular weight is 155 g/mol. The third kappa shape index (κ3) is 3.03. The van der Waals surface area contributed by atoms with Crippen LogP contribution in [0.1, 0.15) is 13.8 Å². The van der Waals surface area contributed by atoms with E-state index in [1.165, 1.54) is 12.2 Å². The minimum Gasteiger partial charge on any atom is -0.351 e. The van der Waals surface area contributed by atoms with E-state index in [1.807, 2.05) is 20.9 Å². The van der Waals surface area contributed by atoms with Crippen molar-refractivity contribution in [3.8, 4) is 0 Å². The maximum Gasteiger partial charge on any atom is 0.126 e. The second-order valence-corrected chi connectivity index (χ2v) is 1.95. The third-order valence-corrected chi connectivity index (χ3v) is 1.21. The van der Waals surface area contributed by atoms with E-state index < -0.39 is 0 Å². The zero-order valence-corrected chi connectivity index (χ0v) is 7.26. The van der Waals surface area contributed by atoms with Crippen LogP contribution < -0.4 is 0 Å². The second kappa shape index (κ2) is 4.72. The molecule has 62 valence electrons. The Morgan fingerprint density at radius 1 is 1.45 bits per heavy atom. The molecule has 2 heteroatoms. The van der Waals surface area contributed by atoms with Crippen LogP contribution in [0, 0.1) is 0 Å². The van der Waals surface area contributed by atoms with Crippen LogP contribution in [0.25, 0.3) is 0 Å². The zero-order chi connectivity index (χ0) is 8.85. The highest BCUT2D eigenvalue weighted by atomic mass is 19.1. The molecule has 1 heterocycles. The highest BCUT2D eigenvalue weighted by Crippen LogP contribution is 2.13. The molecular weight excluding hydrogens is 141 g/mol. The Labute approximate surface area is 67.5 Å². The van der Waals surface area contributed by atoms with Gasteiger partial charge >= 0.3 is 0 Å². The van der Waals surface area contributed by atoms with Crippen molar-refractivity contribution in [2.75, 3.05) is 7.05 Å². The Kier molecular flexibility index (Phi) is 4.27. The van der Waals surface area contributed by atoms with E-state index in [2.05, 4.69) is 6.58 Å². The standard InChI is InChI=1S/C7H8FN.C2H6/c1-6-5-7(8)3-4-9(6)2;1-2/h3-5H,1H2,2H3;1-2H3. The smallest absolute Gasteiger partial charge is 0.126 e. The van der Waals surface area contributed by atoms with E-state index in [0.717, 1.165) is 0 Å². The van der Waals surface area contributed by atoms with Crippen LogP contribution in [0.4, 0.5) is 4.39 Å². The van der Waals surface area contributed by atoms with Crippen molar-refractivity contribution < 1.29 is 4.39 Å². The molecule has 0 aromatic carbocycles. The molecule has 0 fully saturated rings. The predicted molar refractivity (Wildman–Crippen MR) is 46.6 cm³/mol. The largest absolute Gasteiger partial charge is 0.351 e. The summed E-state index contributed by atoms with van der Waals surface area (Å²) in [6.07, 6.45) is 4.42. The molecule has 1 aliphatic rings. The molecule has 0 aliphatic carbocycles. The van der Waals surface area contributed by atoms with Gasteiger partial charge in [-0.15, -0.1) is 0 Å². The van der Waals surface area contributed by atoms with E-state index in [4.69, 9.17) is 0 Å². The molecule has 0 N–H and O–H groups in total. The van der Waals surface area contributed by atoms with Gasteiger partial charge in [0.25, 0.3) is 0 Å². The second-order valence-electron chi connectivity index (χ2n) is 1.95. The van der Waals surface area contributed by atoms with Crippen LogP contribution >= 0.6 is 0 Å². The van der Waals surface area contributed by atoms with Crippen molar-refractivity contribution in [2.24, 2.45) is 0 Å². The minimum absolute atomic E-state index is 0.238. The average Bonchev–Trinajstić information content (AvgIpc) is 2.02. The van der Waals surface area contributed by atoms with Crippen LogP contribution in [0.3, 0.4) is 0 Å². The number of likely N-dealkylation sites (N-methyl/N-ethyl adjacent to an activating group) is 1. The Morgan fingerprint density at radius 3 is 2.36 bits per heavy atom. The van der Waals surface area contributed by atoms with Crippen molar-refractivity contribution in [3.63, 3.8) is 0 Å². The van der Waals surface area contributed by atoms with Gasteiger partial charge in [-0.05, 0) is 12.2 Å². The highest BCUT2D eigenvalue weighted by molar-refractivity contribution is 5.28. The summed E-state index contributed by atoms with van der Waals surface area (Å²) in [5, 5.41) is 0. The fourth-order valence-corrected chi connectivity index (χ4v) is 0.588. The lowest BCUT2D eigenvalue weighted by molar-refractivity contribution is 0.559. The number of halogens is 1. The van der Waals surface area contributed by atoms with E-state index in [0.29, 0.717) is 5.70 Å². The van der Waals surface area contributed by atoms with Crippen LogP contribution in [-0.2, 0) is 0 Å². The molecule has 0 radical (unpaired) electrons. The lowest BCUT2D eigenvalue weighted by atomic mass is 10.3. The monoisotopic (exact) mass is 155 g/mol. The van der Waals surface area contributed by atoms with Gasteiger partial charge in [-0.3, -0.25) is 0 Å². The molecule has 0 atom stereocenters. The van der Waals surface area contributed by atoms with Crippen molar-refractivity contribution in [2.45, 2.75) is 13.8 Å². The van der Waals surface area contributed by atoms with Crippen LogP contribution in [0.2, 0.25) is 0 Å². The molecule has 0 amide bonds. The molecule has 0 saturated heterocycles. The number of nitrogens with zero attached hydrogens (tertiary/aromatic N) is 1. The number of hydrogen-bond acceptors (Lipinski definition) is 1. The maximum atomic E-state index is 12.3. The summed E-state index contributed by atoms with van der Waals surface area (Å²) < 4.78 is 12.3. The number of rotatable bonds is 0. The van der Waals surface area contributed by atoms with Gasteiger partial charge in [0.05, 0.1) is 0 Å². The normalized spacial score (nSPS) is 15.5. The summed E-state index contributed by atoms with van der Waals surface area (Å²) in [6, 6.07) is 0. The Balaban J connectivity index is 0.000000461. The number of hydrogen-bond donors (Lipinski definition) is 0. The van der Waals surface area contributed by atoms with Gasteiger partial charge in [-0.2, -0.15) is 0 Å². The predicted octanol–water partition coefficient (Wildman–Crippen LogP) is 2.84. The Morgan fingerprint density at radius 2 is 2.00 bits per heavy atom. The van der Waals surface area contributed by atoms with Crippen molar-refractivity contribution >= 4 is 0 Å². The molecule has 0 aromatic rings. The maximum absolute atomic E-state index is 12.3. The van der Waals surface area contributed by atoms with E-state index in [9.17, 15) is 4.39 Å². The lowest BCUT2D eigenvalue weighted by Crippen LogP contribution is -2.09. The molecule has 1 rings (SSSR count). The summed E-state index contributed by atoms with van der Waals surface area (Å²) in [6.45, 7) is 7.60. The van der Waals surface area contributed by atoms with Gasteiger partial charge in [0.15, 0.2) is 0 Å². The summed E-state index contributed by atoms with van der Waals surface area (Å²) in [7, 11) is 1.82. The first-order chi connectivity index (χ1) is 5.20. The first-order valence-corrected chi connectivity index (χ1v) is 3.67. The third-order valence-electron chi connectivity index (χ3n) is 1.21. The summed E-state index contributed by atoms with van der Waals surface area (Å²) >= 11 is 0. The van der Waals surface area contributed by atoms with Crippen LogP contribution in [0.5, 0.6) is 0 Å². The first-order valence-electron chi connectivity index (χ1n) is 3.67. The molecule has 0 aromatic heterocycles. The summed E-state index contributed by atoms with van der Waals surface area (Å²) in [5.41, 5.74) is 0.676. The zero-order valence-electron chi connectivity index (χ0n) is 7.26. The SMILES string of the molecule is C=C1C=C(F)C=CN1C.CC. The van der Waals surface area contributed by atoms with Crippen molar-refractivity contribution in [3.05, 3.63) is 36.5 Å². The molecule has 11 heavy (non-hydrogen) atoms. The molecule has 0 unspecified atom stereocenters. The van der Waals surface area contributed by atoms with Crippen LogP contribution in [0.15, 0.2) is 36.5 Å². The van der Waals surface area contributed by atoms with Crippen LogP contribution in [-0.4, -0.2) is 11.9 Å². The molecule has 0 spiro atoms. The fraction of sp³-hybridized carbons (Fsp3) is 0.333. The molecule has 0 bridgehead atoms. The van der Waals surface area contributed by atoms with E-state index >= 15 is 0 Å². The lowest BCUT2D eigenvalue weighted by Gasteiger charge is -2.16. The van der Waals surface area contributed by atoms with Crippen molar-refractivity contribution in [1.29, 1.82) is 0 Å². The van der Waals surface area contributed by atoms with E-state index in [-0.39, 0.29) is 5.83 Å². The fourth-order valence-electron chi connectivity index (χ4n) is 0.588. The van der Waals surface area contributed by atoms with E-state index in [1.54, 1.807) is 11.1 Å². The topological polar surface area (TPSA) is 3.24 Å². The first kappa shape index (κ1) is 9.95. The van der Waals surface area contributed by atoms with Crippen molar-refractivity contribution in [1.82, 2.24) is 4.90 Å². The van der Waals surface area contributed by atoms with Gasteiger partial charge in [0, 0.05) is 18.9 Å². The Bertz CT molecular complexity index is 192. The quantitative estimate of drug-likeness (QED) is 0.520. The number of allylic oxidation sites excluding steroid dienone is 3. The highest BCUT2D eigenvalue weighted by Gasteiger charge is 2.01. The molecule has 1 nitrogen and oxygen atoms in total. The minimum atomic E-state index is -0.238.